The molecule has 1 atom stereocenters. The van der Waals surface area contributed by atoms with Crippen LogP contribution in [0.15, 0.2) is 42.6 Å². The molecule has 3 rings (SSSR count). The van der Waals surface area contributed by atoms with Gasteiger partial charge in [0.05, 0.1) is 34.6 Å². The predicted octanol–water partition coefficient (Wildman–Crippen LogP) is 4.73. The number of nitrogens with zero attached hydrogens (tertiary/aromatic N) is 1. The van der Waals surface area contributed by atoms with Crippen LogP contribution in [0.25, 0.3) is 10.9 Å². The molecule has 0 bridgehead atoms. The smallest absolute Gasteiger partial charge is 0.345 e. The zero-order chi connectivity index (χ0) is 23.8. The van der Waals surface area contributed by atoms with Gasteiger partial charge in [-0.3, -0.25) is 14.5 Å². The number of anilines is 1. The SMILES string of the molecule is Cc1cc(C(C)NC(=O)c2cnc3cc(C(F)(F)F)ccc3c2C)ccc1NS(C)(=O)=O. The van der Waals surface area contributed by atoms with Gasteiger partial charge in [0.25, 0.3) is 5.91 Å². The highest BCUT2D eigenvalue weighted by Crippen LogP contribution is 2.32. The minimum atomic E-state index is -4.47. The molecule has 2 N–H and O–H groups in total. The van der Waals surface area contributed by atoms with Crippen molar-refractivity contribution < 1.29 is 26.4 Å². The molecule has 0 saturated carbocycles. The fourth-order valence-corrected chi connectivity index (χ4v) is 3.99. The molecule has 0 saturated heterocycles. The van der Waals surface area contributed by atoms with Crippen LogP contribution in [0.5, 0.6) is 0 Å². The van der Waals surface area contributed by atoms with Gasteiger partial charge in [-0.05, 0) is 55.7 Å². The van der Waals surface area contributed by atoms with Crippen LogP contribution in [0.4, 0.5) is 18.9 Å². The number of sulfonamides is 1. The highest BCUT2D eigenvalue weighted by molar-refractivity contribution is 7.92. The first kappa shape index (κ1) is 23.5. The van der Waals surface area contributed by atoms with Gasteiger partial charge in [-0.15, -0.1) is 0 Å². The summed E-state index contributed by atoms with van der Waals surface area (Å²) in [5.41, 5.74) is 2.05. The van der Waals surface area contributed by atoms with Gasteiger partial charge in [-0.2, -0.15) is 13.2 Å². The zero-order valence-corrected chi connectivity index (χ0v) is 18.6. The van der Waals surface area contributed by atoms with Crippen LogP contribution < -0.4 is 10.0 Å². The molecule has 1 aromatic heterocycles. The topological polar surface area (TPSA) is 88.2 Å². The standard InChI is InChI=1S/C22H22F3N3O3S/c1-12-9-15(5-8-19(12)28-32(4,30)31)14(3)27-21(29)18-11-26-20-10-16(22(23,24)25)6-7-17(20)13(18)2/h5-11,14,28H,1-4H3,(H,27,29). The maximum Gasteiger partial charge on any atom is 0.416 e. The maximum atomic E-state index is 12.9. The molecular weight excluding hydrogens is 443 g/mol. The highest BCUT2D eigenvalue weighted by atomic mass is 32.2. The molecule has 0 fully saturated rings. The van der Waals surface area contributed by atoms with Crippen LogP contribution in [0, 0.1) is 13.8 Å². The molecule has 0 radical (unpaired) electrons. The molecule has 2 aromatic carbocycles. The Labute approximate surface area is 183 Å². The average Bonchev–Trinajstić information content (AvgIpc) is 2.67. The summed E-state index contributed by atoms with van der Waals surface area (Å²) >= 11 is 0. The Morgan fingerprint density at radius 1 is 1.09 bits per heavy atom. The molecule has 1 unspecified atom stereocenters. The summed E-state index contributed by atoms with van der Waals surface area (Å²) in [6.07, 6.45) is -2.14. The number of hydrogen-bond donors (Lipinski definition) is 2. The third-order valence-electron chi connectivity index (χ3n) is 5.10. The van der Waals surface area contributed by atoms with Gasteiger partial charge in [-0.25, -0.2) is 8.42 Å². The van der Waals surface area contributed by atoms with Gasteiger partial charge in [0.2, 0.25) is 10.0 Å². The third kappa shape index (κ3) is 5.18. The summed E-state index contributed by atoms with van der Waals surface area (Å²) in [7, 11) is -3.41. The van der Waals surface area contributed by atoms with Crippen molar-refractivity contribution in [3.05, 3.63) is 70.4 Å². The van der Waals surface area contributed by atoms with E-state index in [1.807, 2.05) is 0 Å². The second-order valence-electron chi connectivity index (χ2n) is 7.67. The summed E-state index contributed by atoms with van der Waals surface area (Å²) in [4.78, 5) is 16.9. The first-order chi connectivity index (χ1) is 14.8. The van der Waals surface area contributed by atoms with Crippen molar-refractivity contribution in [3.8, 4) is 0 Å². The first-order valence-corrected chi connectivity index (χ1v) is 11.5. The van der Waals surface area contributed by atoms with Gasteiger partial charge >= 0.3 is 6.18 Å². The average molecular weight is 465 g/mol. The van der Waals surface area contributed by atoms with Crippen LogP contribution in [-0.2, 0) is 16.2 Å². The molecular formula is C22H22F3N3O3S. The Morgan fingerprint density at radius 3 is 2.38 bits per heavy atom. The fraction of sp³-hybridized carbons (Fsp3) is 0.273. The number of alkyl halides is 3. The number of pyridine rings is 1. The molecule has 0 spiro atoms. The van der Waals surface area contributed by atoms with Crippen LogP contribution in [0.1, 0.15) is 45.6 Å². The summed E-state index contributed by atoms with van der Waals surface area (Å²) in [5.74, 6) is -0.416. The van der Waals surface area contributed by atoms with Crippen LogP contribution in [0.3, 0.4) is 0 Å². The number of halogens is 3. The van der Waals surface area contributed by atoms with E-state index < -0.39 is 33.7 Å². The summed E-state index contributed by atoms with van der Waals surface area (Å²) in [6, 6.07) is 7.93. The molecule has 170 valence electrons. The lowest BCUT2D eigenvalue weighted by Crippen LogP contribution is -2.27. The van der Waals surface area contributed by atoms with Crippen molar-refractivity contribution in [2.75, 3.05) is 11.0 Å². The van der Waals surface area contributed by atoms with Gasteiger partial charge in [-0.1, -0.05) is 18.2 Å². The number of benzene rings is 2. The molecule has 0 aliphatic rings. The Bertz CT molecular complexity index is 1300. The van der Waals surface area contributed by atoms with Crippen LogP contribution in [0.2, 0.25) is 0 Å². The van der Waals surface area contributed by atoms with E-state index in [9.17, 15) is 26.4 Å². The number of fused-ring (bicyclic) bond motifs is 1. The normalized spacial score (nSPS) is 13.1. The summed E-state index contributed by atoms with van der Waals surface area (Å²) in [5, 5.41) is 3.31. The van der Waals surface area contributed by atoms with E-state index in [0.29, 0.717) is 22.2 Å². The number of aryl methyl sites for hydroxylation is 2. The molecule has 0 aliphatic heterocycles. The van der Waals surface area contributed by atoms with Crippen LogP contribution in [-0.4, -0.2) is 25.6 Å². The van der Waals surface area contributed by atoms with Crippen molar-refractivity contribution in [3.63, 3.8) is 0 Å². The number of rotatable bonds is 5. The lowest BCUT2D eigenvalue weighted by molar-refractivity contribution is -0.137. The minimum Gasteiger partial charge on any atom is -0.345 e. The minimum absolute atomic E-state index is 0.159. The third-order valence-corrected chi connectivity index (χ3v) is 5.69. The Kier molecular flexibility index (Phi) is 6.19. The summed E-state index contributed by atoms with van der Waals surface area (Å²) in [6.45, 7) is 5.18. The van der Waals surface area contributed by atoms with Gasteiger partial charge < -0.3 is 5.32 Å². The van der Waals surface area contributed by atoms with E-state index >= 15 is 0 Å². The van der Waals surface area contributed by atoms with Crippen molar-refractivity contribution in [1.29, 1.82) is 0 Å². The Hall–Kier alpha value is -3.14. The molecule has 3 aromatic rings. The van der Waals surface area contributed by atoms with E-state index in [-0.39, 0.29) is 11.1 Å². The second-order valence-corrected chi connectivity index (χ2v) is 9.42. The van der Waals surface area contributed by atoms with E-state index in [4.69, 9.17) is 0 Å². The molecule has 32 heavy (non-hydrogen) atoms. The zero-order valence-electron chi connectivity index (χ0n) is 17.8. The van der Waals surface area contributed by atoms with Crippen molar-refractivity contribution in [2.45, 2.75) is 33.0 Å². The number of aromatic nitrogens is 1. The maximum absolute atomic E-state index is 12.9. The molecule has 1 amide bonds. The van der Waals surface area contributed by atoms with Crippen LogP contribution >= 0.6 is 0 Å². The number of amides is 1. The van der Waals surface area contributed by atoms with Gasteiger partial charge in [0.1, 0.15) is 0 Å². The van der Waals surface area contributed by atoms with Crippen molar-refractivity contribution in [2.24, 2.45) is 0 Å². The predicted molar refractivity (Wildman–Crippen MR) is 117 cm³/mol. The lowest BCUT2D eigenvalue weighted by atomic mass is 10.0. The lowest BCUT2D eigenvalue weighted by Gasteiger charge is -2.18. The molecule has 6 nitrogen and oxygen atoms in total. The quantitative estimate of drug-likeness (QED) is 0.570. The van der Waals surface area contributed by atoms with E-state index in [1.165, 1.54) is 12.3 Å². The number of nitrogens with one attached hydrogen (secondary N) is 2. The van der Waals surface area contributed by atoms with Crippen molar-refractivity contribution >= 4 is 32.5 Å². The number of hydrogen-bond acceptors (Lipinski definition) is 4. The Balaban J connectivity index is 1.83. The first-order valence-electron chi connectivity index (χ1n) is 9.62. The fourth-order valence-electron chi connectivity index (χ4n) is 3.36. The van der Waals surface area contributed by atoms with Gasteiger partial charge in [0, 0.05) is 11.6 Å². The molecule has 0 aliphatic carbocycles. The largest absolute Gasteiger partial charge is 0.416 e. The van der Waals surface area contributed by atoms with Gasteiger partial charge in [0.15, 0.2) is 0 Å². The van der Waals surface area contributed by atoms with E-state index in [1.54, 1.807) is 39.0 Å². The highest BCUT2D eigenvalue weighted by Gasteiger charge is 2.30. The van der Waals surface area contributed by atoms with E-state index in [2.05, 4.69) is 15.0 Å². The molecule has 1 heterocycles. The Morgan fingerprint density at radius 2 is 1.78 bits per heavy atom. The number of carbonyl (C=O) groups is 1. The monoisotopic (exact) mass is 465 g/mol. The van der Waals surface area contributed by atoms with E-state index in [0.717, 1.165) is 24.0 Å². The molecule has 10 heteroatoms. The van der Waals surface area contributed by atoms with Crippen molar-refractivity contribution in [1.82, 2.24) is 10.3 Å². The second kappa shape index (κ2) is 8.42. The summed E-state index contributed by atoms with van der Waals surface area (Å²) < 4.78 is 64.1. The number of carbonyl (C=O) groups excluding carboxylic acids is 1.